The molecule has 124 valence electrons. The fourth-order valence-electron chi connectivity index (χ4n) is 1.06. The third-order valence-electron chi connectivity index (χ3n) is 2.21. The molecule has 2 nitrogen and oxygen atoms in total. The number of benzene rings is 1. The molecule has 0 aromatic heterocycles. The highest BCUT2D eigenvalue weighted by Crippen LogP contribution is 2.47. The fourth-order valence-corrected chi connectivity index (χ4v) is 1.06. The Balaban J connectivity index is 3.15. The lowest BCUT2D eigenvalue weighted by atomic mass is 10.1. The van der Waals surface area contributed by atoms with Crippen LogP contribution in [0.5, 0.6) is 5.75 Å². The highest BCUT2D eigenvalue weighted by Gasteiger charge is 2.77. The van der Waals surface area contributed by atoms with E-state index < -0.39 is 47.2 Å². The quantitative estimate of drug-likeness (QED) is 0.360. The summed E-state index contributed by atoms with van der Waals surface area (Å²) in [7, 11) is 0. The predicted octanol–water partition coefficient (Wildman–Crippen LogP) is 3.84. The van der Waals surface area contributed by atoms with Crippen LogP contribution in [0.25, 0.3) is 0 Å². The first-order valence-electron chi connectivity index (χ1n) is 4.91. The van der Waals surface area contributed by atoms with Gasteiger partial charge >= 0.3 is 24.0 Å². The third kappa shape index (κ3) is 2.81. The summed E-state index contributed by atoms with van der Waals surface area (Å²) in [5.41, 5.74) is 0. The molecule has 0 atom stereocenters. The molecule has 1 aromatic carbocycles. The molecule has 0 heterocycles. The molecule has 1 aromatic rings. The van der Waals surface area contributed by atoms with Crippen molar-refractivity contribution in [3.63, 3.8) is 0 Å². The summed E-state index contributed by atoms with van der Waals surface area (Å²) >= 11 is 0. The van der Waals surface area contributed by atoms with Crippen molar-refractivity contribution in [2.75, 3.05) is 0 Å². The summed E-state index contributed by atoms with van der Waals surface area (Å²) < 4.78 is 128. The molecule has 0 amide bonds. The topological polar surface area (TPSA) is 26.3 Å². The number of carbonyl (C=O) groups excluding carboxylic acids is 1. The number of carbonyl (C=O) groups is 1. The van der Waals surface area contributed by atoms with Crippen molar-refractivity contribution >= 4 is 5.97 Å². The molecular formula is C10H2F10O2. The van der Waals surface area contributed by atoms with Crippen molar-refractivity contribution in [1.82, 2.24) is 0 Å². The number of ether oxygens (including phenoxy) is 1. The van der Waals surface area contributed by atoms with Crippen LogP contribution in [0.4, 0.5) is 43.9 Å². The fraction of sp³-hybridized carbons (Fsp3) is 0.300. The van der Waals surface area contributed by atoms with Crippen LogP contribution in [0.2, 0.25) is 0 Å². The van der Waals surface area contributed by atoms with E-state index in [1.54, 1.807) is 0 Å². The van der Waals surface area contributed by atoms with Crippen LogP contribution in [0.1, 0.15) is 0 Å². The molecule has 0 radical (unpaired) electrons. The number of hydrogen-bond acceptors (Lipinski definition) is 2. The highest BCUT2D eigenvalue weighted by atomic mass is 19.4. The van der Waals surface area contributed by atoms with Gasteiger partial charge in [0.2, 0.25) is 5.82 Å². The van der Waals surface area contributed by atoms with Crippen LogP contribution in [-0.4, -0.2) is 24.0 Å². The van der Waals surface area contributed by atoms with E-state index in [1.165, 1.54) is 0 Å². The second-order valence-corrected chi connectivity index (χ2v) is 3.71. The van der Waals surface area contributed by atoms with Gasteiger partial charge in [0, 0.05) is 0 Å². The van der Waals surface area contributed by atoms with E-state index in [4.69, 9.17) is 0 Å². The zero-order valence-electron chi connectivity index (χ0n) is 9.75. The molecule has 0 aliphatic heterocycles. The van der Waals surface area contributed by atoms with Gasteiger partial charge in [0.05, 0.1) is 0 Å². The number of alkyl halides is 7. The molecule has 0 saturated heterocycles. The smallest absolute Gasteiger partial charge is 0.419 e. The molecular weight excluding hydrogens is 342 g/mol. The Morgan fingerprint density at radius 3 is 1.82 bits per heavy atom. The Bertz CT molecular complexity index is 592. The number of rotatable bonds is 3. The minimum Gasteiger partial charge on any atom is -0.419 e. The minimum atomic E-state index is -6.83. The maximum atomic E-state index is 13.0. The number of esters is 1. The van der Waals surface area contributed by atoms with E-state index in [9.17, 15) is 48.7 Å². The molecule has 0 bridgehead atoms. The average molecular weight is 344 g/mol. The minimum absolute atomic E-state index is 0.0491. The lowest BCUT2D eigenvalue weighted by Gasteiger charge is -2.26. The third-order valence-corrected chi connectivity index (χ3v) is 2.21. The molecule has 1 rings (SSSR count). The van der Waals surface area contributed by atoms with Crippen molar-refractivity contribution in [2.24, 2.45) is 0 Å². The van der Waals surface area contributed by atoms with Gasteiger partial charge in [0.15, 0.2) is 17.4 Å². The molecule has 0 unspecified atom stereocenters. The van der Waals surface area contributed by atoms with Crippen LogP contribution in [0, 0.1) is 17.5 Å². The lowest BCUT2D eigenvalue weighted by Crippen LogP contribution is -2.57. The molecule has 0 saturated carbocycles. The molecule has 0 N–H and O–H groups in total. The van der Waals surface area contributed by atoms with Gasteiger partial charge in [-0.1, -0.05) is 0 Å². The van der Waals surface area contributed by atoms with Gasteiger partial charge in [-0.2, -0.15) is 35.1 Å². The Hall–Kier alpha value is -2.01. The Kier molecular flexibility index (Phi) is 4.36. The van der Waals surface area contributed by atoms with Crippen molar-refractivity contribution in [2.45, 2.75) is 18.0 Å². The average Bonchev–Trinajstić information content (AvgIpc) is 2.37. The molecule has 0 spiro atoms. The predicted molar refractivity (Wildman–Crippen MR) is 47.9 cm³/mol. The summed E-state index contributed by atoms with van der Waals surface area (Å²) in [6.07, 6.45) is -6.82. The van der Waals surface area contributed by atoms with Crippen LogP contribution in [0.15, 0.2) is 12.1 Å². The monoisotopic (exact) mass is 344 g/mol. The van der Waals surface area contributed by atoms with Crippen LogP contribution < -0.4 is 4.74 Å². The van der Waals surface area contributed by atoms with Crippen LogP contribution in [0.3, 0.4) is 0 Å². The first-order valence-corrected chi connectivity index (χ1v) is 4.91. The van der Waals surface area contributed by atoms with Crippen LogP contribution in [-0.2, 0) is 4.79 Å². The van der Waals surface area contributed by atoms with E-state index in [1.807, 2.05) is 0 Å². The van der Waals surface area contributed by atoms with Gasteiger partial charge < -0.3 is 4.74 Å². The van der Waals surface area contributed by atoms with E-state index in [-0.39, 0.29) is 12.1 Å². The number of halogens is 10. The van der Waals surface area contributed by atoms with Gasteiger partial charge in [0.1, 0.15) is 0 Å². The Morgan fingerprint density at radius 2 is 1.36 bits per heavy atom. The van der Waals surface area contributed by atoms with Gasteiger partial charge in [-0.3, -0.25) is 0 Å². The Labute approximate surface area is 114 Å². The molecule has 22 heavy (non-hydrogen) atoms. The van der Waals surface area contributed by atoms with Gasteiger partial charge in [-0.05, 0) is 12.1 Å². The summed E-state index contributed by atoms with van der Waals surface area (Å²) in [6, 6.07) is 0.120. The maximum Gasteiger partial charge on any atom is 0.460 e. The largest absolute Gasteiger partial charge is 0.460 e. The molecule has 0 aliphatic carbocycles. The second kappa shape index (κ2) is 5.32. The molecule has 0 aliphatic rings. The van der Waals surface area contributed by atoms with Crippen molar-refractivity contribution in [3.05, 3.63) is 29.6 Å². The van der Waals surface area contributed by atoms with Gasteiger partial charge in [-0.15, -0.1) is 0 Å². The van der Waals surface area contributed by atoms with E-state index in [2.05, 4.69) is 4.74 Å². The van der Waals surface area contributed by atoms with E-state index >= 15 is 0 Å². The highest BCUT2D eigenvalue weighted by molar-refractivity contribution is 5.81. The second-order valence-electron chi connectivity index (χ2n) is 3.71. The lowest BCUT2D eigenvalue weighted by molar-refractivity contribution is -0.346. The standard InChI is InChI=1S/C10H2F10O2/c11-3-1-2-4(6(13)5(3)12)22-7(21)8(14,15)9(16,17)10(18,19)20/h1-2H. The summed E-state index contributed by atoms with van der Waals surface area (Å²) in [5.74, 6) is -25.1. The number of hydrogen-bond donors (Lipinski definition) is 0. The maximum absolute atomic E-state index is 13.0. The van der Waals surface area contributed by atoms with Crippen LogP contribution >= 0.6 is 0 Å². The zero-order chi connectivity index (χ0) is 17.5. The SMILES string of the molecule is O=C(Oc1ccc(F)c(F)c1F)C(F)(F)C(F)(F)C(F)(F)F. The van der Waals surface area contributed by atoms with Crippen molar-refractivity contribution < 1.29 is 53.4 Å². The normalized spacial score (nSPS) is 13.2. The summed E-state index contributed by atoms with van der Waals surface area (Å²) in [5, 5.41) is 0. The van der Waals surface area contributed by atoms with E-state index in [0.29, 0.717) is 0 Å². The van der Waals surface area contributed by atoms with E-state index in [0.717, 1.165) is 0 Å². The first kappa shape index (κ1) is 18.0. The van der Waals surface area contributed by atoms with Gasteiger partial charge in [0.25, 0.3) is 0 Å². The summed E-state index contributed by atoms with van der Waals surface area (Å²) in [4.78, 5) is 10.7. The van der Waals surface area contributed by atoms with Gasteiger partial charge in [-0.25, -0.2) is 13.6 Å². The molecule has 12 heteroatoms. The van der Waals surface area contributed by atoms with Crippen molar-refractivity contribution in [1.29, 1.82) is 0 Å². The van der Waals surface area contributed by atoms with Crippen molar-refractivity contribution in [3.8, 4) is 5.75 Å². The first-order chi connectivity index (χ1) is 9.73. The Morgan fingerprint density at radius 1 is 0.864 bits per heavy atom. The molecule has 0 fully saturated rings. The zero-order valence-corrected chi connectivity index (χ0v) is 9.75. The summed E-state index contributed by atoms with van der Waals surface area (Å²) in [6.45, 7) is 0.